The Balaban J connectivity index is 0. The minimum Gasteiger partial charge on any atom is -0.550 e. The van der Waals surface area contributed by atoms with Crippen LogP contribution in [0.3, 0.4) is 0 Å². The number of rotatable bonds is 7. The van der Waals surface area contributed by atoms with Crippen LogP contribution in [0.4, 0.5) is 0 Å². The molecule has 0 amide bonds. The van der Waals surface area contributed by atoms with Gasteiger partial charge < -0.3 is 19.8 Å². The first kappa shape index (κ1) is 16.3. The van der Waals surface area contributed by atoms with Crippen molar-refractivity contribution in [3.63, 3.8) is 0 Å². The fourth-order valence-electron chi connectivity index (χ4n) is 0.368. The summed E-state index contributed by atoms with van der Waals surface area (Å²) in [5.74, 6) is -1.27. The molecule has 0 radical (unpaired) electrons. The first-order valence-electron chi connectivity index (χ1n) is 3.27. The van der Waals surface area contributed by atoms with Crippen molar-refractivity contribution in [2.45, 2.75) is 12.8 Å². The van der Waals surface area contributed by atoms with E-state index in [4.69, 9.17) is 0 Å². The van der Waals surface area contributed by atoms with Gasteiger partial charge >= 0.3 is 37.7 Å². The summed E-state index contributed by atoms with van der Waals surface area (Å²) >= 11 is 0. The summed E-state index contributed by atoms with van der Waals surface area (Å²) in [4.78, 5) is 19.8. The summed E-state index contributed by atoms with van der Waals surface area (Å²) in [5, 5.41) is 19.8. The minimum absolute atomic E-state index is 0. The van der Waals surface area contributed by atoms with Crippen LogP contribution in [0.25, 0.3) is 0 Å². The Hall–Kier alpha value is 0.900. The molecule has 0 aromatic carbocycles. The van der Waals surface area contributed by atoms with Crippen molar-refractivity contribution in [2.75, 3.05) is 11.5 Å². The van der Waals surface area contributed by atoms with Gasteiger partial charge in [0.2, 0.25) is 0 Å². The van der Waals surface area contributed by atoms with E-state index in [0.29, 0.717) is 11.5 Å². The molecule has 7 heteroatoms. The number of hydrogen-bond donors (Lipinski definition) is 0. The molecule has 0 atom stereocenters. The van der Waals surface area contributed by atoms with Crippen molar-refractivity contribution >= 4 is 71.3 Å². The molecule has 0 unspecified atom stereocenters. The van der Waals surface area contributed by atoms with Gasteiger partial charge in [0.1, 0.15) is 0 Å². The van der Waals surface area contributed by atoms with E-state index in [1.54, 1.807) is 0 Å². The molecule has 0 fully saturated rings. The summed E-state index contributed by atoms with van der Waals surface area (Å²) < 4.78 is 0. The van der Waals surface area contributed by atoms with Gasteiger partial charge in [-0.15, -0.1) is 0 Å². The maximum Gasteiger partial charge on any atom is 2.00 e. The Morgan fingerprint density at radius 1 is 0.923 bits per heavy atom. The van der Waals surface area contributed by atoms with Crippen LogP contribution in [0.1, 0.15) is 12.8 Å². The van der Waals surface area contributed by atoms with E-state index < -0.39 is 11.9 Å². The predicted octanol–water partition coefficient (Wildman–Crippen LogP) is -1.73. The second-order valence-corrected chi connectivity index (χ2v) is 4.59. The number of carboxylic acids is 2. The third-order valence-corrected chi connectivity index (χ3v) is 3.27. The standard InChI is InChI=1S/C6H10O4S2.Ca/c7-5(8)1-3-11-12-4-2-6(9)10;/h1-4H2,(H,7,8)(H,9,10);/q;+2/p-2. The summed E-state index contributed by atoms with van der Waals surface area (Å²) in [7, 11) is 2.66. The number of carbonyl (C=O) groups is 2. The smallest absolute Gasteiger partial charge is 0.550 e. The van der Waals surface area contributed by atoms with Crippen molar-refractivity contribution in [2.24, 2.45) is 0 Å². The summed E-state index contributed by atoms with van der Waals surface area (Å²) in [6, 6.07) is 0. The summed E-state index contributed by atoms with van der Waals surface area (Å²) in [5.41, 5.74) is 0. The molecule has 13 heavy (non-hydrogen) atoms. The van der Waals surface area contributed by atoms with E-state index in [1.807, 2.05) is 0 Å². The van der Waals surface area contributed by atoms with Crippen LogP contribution < -0.4 is 10.2 Å². The van der Waals surface area contributed by atoms with Crippen LogP contribution in [-0.2, 0) is 9.59 Å². The Labute approximate surface area is 114 Å². The predicted molar refractivity (Wildman–Crippen MR) is 49.9 cm³/mol. The van der Waals surface area contributed by atoms with Gasteiger partial charge in [-0.1, -0.05) is 21.6 Å². The van der Waals surface area contributed by atoms with Crippen molar-refractivity contribution in [1.82, 2.24) is 0 Å². The Bertz CT molecular complexity index is 147. The molecule has 0 aliphatic rings. The largest absolute Gasteiger partial charge is 2.00 e. The van der Waals surface area contributed by atoms with Gasteiger partial charge in [-0.3, -0.25) is 0 Å². The maximum absolute atomic E-state index is 9.90. The zero-order valence-electron chi connectivity index (χ0n) is 6.99. The molecule has 0 aromatic rings. The third-order valence-electron chi connectivity index (χ3n) is 0.862. The molecule has 0 saturated carbocycles. The van der Waals surface area contributed by atoms with E-state index >= 15 is 0 Å². The first-order valence-corrected chi connectivity index (χ1v) is 5.76. The summed E-state index contributed by atoms with van der Waals surface area (Å²) in [6.45, 7) is 0. The van der Waals surface area contributed by atoms with Gasteiger partial charge in [-0.2, -0.15) is 0 Å². The van der Waals surface area contributed by atoms with Crippen molar-refractivity contribution in [1.29, 1.82) is 0 Å². The van der Waals surface area contributed by atoms with Crippen LogP contribution in [0.2, 0.25) is 0 Å². The van der Waals surface area contributed by atoms with E-state index in [9.17, 15) is 19.8 Å². The molecule has 0 aliphatic heterocycles. The van der Waals surface area contributed by atoms with Crippen molar-refractivity contribution in [3.05, 3.63) is 0 Å². The van der Waals surface area contributed by atoms with E-state index in [-0.39, 0.29) is 50.6 Å². The molecule has 0 heterocycles. The zero-order valence-corrected chi connectivity index (χ0v) is 10.8. The van der Waals surface area contributed by atoms with Crippen LogP contribution in [0, 0.1) is 0 Å². The van der Waals surface area contributed by atoms with Gasteiger partial charge in [0, 0.05) is 23.4 Å². The molecule has 70 valence electrons. The van der Waals surface area contributed by atoms with Crippen LogP contribution in [-0.4, -0.2) is 61.2 Å². The first-order chi connectivity index (χ1) is 5.63. The van der Waals surface area contributed by atoms with Crippen LogP contribution >= 0.6 is 21.6 Å². The molecule has 0 aliphatic carbocycles. The number of carboxylic acid groups (broad SMARTS) is 2. The van der Waals surface area contributed by atoms with E-state index in [0.717, 1.165) is 0 Å². The average molecular weight is 248 g/mol. The third kappa shape index (κ3) is 15.6. The summed E-state index contributed by atoms with van der Waals surface area (Å²) in [6.07, 6.45) is 0.00593. The van der Waals surface area contributed by atoms with Crippen molar-refractivity contribution in [3.8, 4) is 0 Å². The average Bonchev–Trinajstić information content (AvgIpc) is 1.95. The second kappa shape index (κ2) is 11.0. The van der Waals surface area contributed by atoms with Gasteiger partial charge in [0.25, 0.3) is 0 Å². The van der Waals surface area contributed by atoms with E-state index in [2.05, 4.69) is 0 Å². The maximum atomic E-state index is 9.90. The Morgan fingerprint density at radius 3 is 1.46 bits per heavy atom. The van der Waals surface area contributed by atoms with Gasteiger partial charge in [-0.25, -0.2) is 0 Å². The molecule has 0 N–H and O–H groups in total. The topological polar surface area (TPSA) is 80.3 Å². The normalized spacial score (nSPS) is 8.92. The Morgan fingerprint density at radius 2 is 1.23 bits per heavy atom. The van der Waals surface area contributed by atoms with Crippen LogP contribution in [0.5, 0.6) is 0 Å². The van der Waals surface area contributed by atoms with E-state index in [1.165, 1.54) is 21.6 Å². The van der Waals surface area contributed by atoms with Gasteiger partial charge in [0.05, 0.1) is 0 Å². The number of hydrogen-bond acceptors (Lipinski definition) is 6. The molecule has 0 spiro atoms. The molecule has 4 nitrogen and oxygen atoms in total. The van der Waals surface area contributed by atoms with Gasteiger partial charge in [0.15, 0.2) is 0 Å². The second-order valence-electron chi connectivity index (χ2n) is 1.89. The van der Waals surface area contributed by atoms with Gasteiger partial charge in [-0.05, 0) is 12.8 Å². The SMILES string of the molecule is O=C([O-])CCSSCCC(=O)[O-].[Ca+2]. The number of carbonyl (C=O) groups excluding carboxylic acids is 2. The zero-order chi connectivity index (χ0) is 9.40. The fourth-order valence-corrected chi connectivity index (χ4v) is 2.31. The molecule has 0 rings (SSSR count). The van der Waals surface area contributed by atoms with Crippen LogP contribution in [0.15, 0.2) is 0 Å². The number of aliphatic carboxylic acids is 2. The van der Waals surface area contributed by atoms with Crippen molar-refractivity contribution < 1.29 is 19.8 Å². The quantitative estimate of drug-likeness (QED) is 0.302. The Kier molecular flexibility index (Phi) is 13.8. The molecular weight excluding hydrogens is 240 g/mol. The fraction of sp³-hybridized carbons (Fsp3) is 0.667. The molecule has 0 bridgehead atoms. The molecule has 0 aromatic heterocycles. The monoisotopic (exact) mass is 248 g/mol. The molecule has 0 saturated heterocycles. The molecular formula is C6H8CaO4S2. The minimum atomic E-state index is -1.08.